The van der Waals surface area contributed by atoms with E-state index in [4.69, 9.17) is 4.74 Å². The van der Waals surface area contributed by atoms with E-state index in [1.807, 2.05) is 0 Å². The highest BCUT2D eigenvalue weighted by atomic mass is 79.9. The van der Waals surface area contributed by atoms with Crippen molar-refractivity contribution < 1.29 is 4.74 Å². The molecule has 1 atom stereocenters. The average Bonchev–Trinajstić information content (AvgIpc) is 2.69. The van der Waals surface area contributed by atoms with Crippen LogP contribution in [0.5, 0.6) is 0 Å². The molecule has 0 aromatic heterocycles. The number of ether oxygens (including phenoxy) is 1. The van der Waals surface area contributed by atoms with Crippen LogP contribution in [-0.4, -0.2) is 42.6 Å². The van der Waals surface area contributed by atoms with Crippen molar-refractivity contribution in [3.63, 3.8) is 0 Å². The summed E-state index contributed by atoms with van der Waals surface area (Å²) in [5, 5.41) is 1.13. The highest BCUT2D eigenvalue weighted by Crippen LogP contribution is 2.13. The fraction of sp³-hybridized carbons (Fsp3) is 1.00. The second kappa shape index (κ2) is 7.66. The van der Waals surface area contributed by atoms with Crippen molar-refractivity contribution in [1.29, 1.82) is 0 Å². The van der Waals surface area contributed by atoms with Crippen molar-refractivity contribution in [2.75, 3.05) is 31.6 Å². The molecule has 0 bridgehead atoms. The molecule has 3 heteroatoms. The number of rotatable bonds is 7. The number of alkyl halides is 1. The molecule has 2 nitrogen and oxygen atoms in total. The molecule has 14 heavy (non-hydrogen) atoms. The summed E-state index contributed by atoms with van der Waals surface area (Å²) in [6.07, 6.45) is 5.60. The molecule has 1 fully saturated rings. The van der Waals surface area contributed by atoms with E-state index in [1.165, 1.54) is 32.2 Å². The first-order chi connectivity index (χ1) is 6.86. The summed E-state index contributed by atoms with van der Waals surface area (Å²) in [7, 11) is 0. The third kappa shape index (κ3) is 4.76. The largest absolute Gasteiger partial charge is 0.377 e. The molecule has 0 N–H and O–H groups in total. The molecular formula is C11H22BrNO. The first kappa shape index (κ1) is 12.5. The van der Waals surface area contributed by atoms with Gasteiger partial charge < -0.3 is 9.64 Å². The van der Waals surface area contributed by atoms with Crippen LogP contribution < -0.4 is 0 Å². The van der Waals surface area contributed by atoms with Gasteiger partial charge in [-0.25, -0.2) is 0 Å². The van der Waals surface area contributed by atoms with Gasteiger partial charge in [-0.05, 0) is 38.8 Å². The van der Waals surface area contributed by atoms with Crippen LogP contribution in [0.1, 0.15) is 32.6 Å². The topological polar surface area (TPSA) is 12.5 Å². The number of halogens is 1. The predicted molar refractivity (Wildman–Crippen MR) is 64.1 cm³/mol. The van der Waals surface area contributed by atoms with E-state index in [-0.39, 0.29) is 0 Å². The number of hydrogen-bond donors (Lipinski definition) is 0. The van der Waals surface area contributed by atoms with E-state index in [1.54, 1.807) is 0 Å². The summed E-state index contributed by atoms with van der Waals surface area (Å²) >= 11 is 3.47. The van der Waals surface area contributed by atoms with Crippen LogP contribution in [-0.2, 0) is 4.74 Å². The standard InChI is InChI=1S/C11H22BrNO/c1-2-13(8-4-3-7-12)10-11-6-5-9-14-11/h11H,2-10H2,1H3. The molecule has 0 aromatic rings. The van der Waals surface area contributed by atoms with Crippen LogP contribution >= 0.6 is 15.9 Å². The van der Waals surface area contributed by atoms with Gasteiger partial charge in [0.15, 0.2) is 0 Å². The van der Waals surface area contributed by atoms with Gasteiger partial charge in [-0.2, -0.15) is 0 Å². The van der Waals surface area contributed by atoms with Gasteiger partial charge >= 0.3 is 0 Å². The number of hydrogen-bond acceptors (Lipinski definition) is 2. The van der Waals surface area contributed by atoms with Crippen LogP contribution in [0.15, 0.2) is 0 Å². The lowest BCUT2D eigenvalue weighted by molar-refractivity contribution is 0.0744. The average molecular weight is 264 g/mol. The normalized spacial score (nSPS) is 22.1. The molecule has 84 valence electrons. The third-order valence-corrected chi connectivity index (χ3v) is 3.35. The van der Waals surface area contributed by atoms with Gasteiger partial charge in [0.25, 0.3) is 0 Å². The molecule has 0 spiro atoms. The fourth-order valence-electron chi connectivity index (χ4n) is 1.88. The van der Waals surface area contributed by atoms with E-state index in [0.717, 1.165) is 25.0 Å². The number of likely N-dealkylation sites (N-methyl/N-ethyl adjacent to an activating group) is 1. The second-order valence-corrected chi connectivity index (χ2v) is 4.72. The van der Waals surface area contributed by atoms with Gasteiger partial charge in [-0.3, -0.25) is 0 Å². The van der Waals surface area contributed by atoms with E-state index in [2.05, 4.69) is 27.8 Å². The first-order valence-corrected chi connectivity index (χ1v) is 6.89. The summed E-state index contributed by atoms with van der Waals surface area (Å²) in [5.74, 6) is 0. The Morgan fingerprint density at radius 3 is 2.86 bits per heavy atom. The van der Waals surface area contributed by atoms with Crippen LogP contribution in [0.4, 0.5) is 0 Å². The van der Waals surface area contributed by atoms with Crippen molar-refractivity contribution in [1.82, 2.24) is 4.90 Å². The molecule has 0 amide bonds. The Kier molecular flexibility index (Phi) is 6.82. The smallest absolute Gasteiger partial charge is 0.0702 e. The lowest BCUT2D eigenvalue weighted by Crippen LogP contribution is -2.32. The molecule has 0 aromatic carbocycles. The molecule has 1 rings (SSSR count). The maximum atomic E-state index is 5.64. The third-order valence-electron chi connectivity index (χ3n) is 2.79. The lowest BCUT2D eigenvalue weighted by atomic mass is 10.2. The van der Waals surface area contributed by atoms with Crippen molar-refractivity contribution in [2.45, 2.75) is 38.7 Å². The van der Waals surface area contributed by atoms with E-state index >= 15 is 0 Å². The molecule has 1 unspecified atom stereocenters. The maximum Gasteiger partial charge on any atom is 0.0702 e. The second-order valence-electron chi connectivity index (χ2n) is 3.92. The Morgan fingerprint density at radius 1 is 1.43 bits per heavy atom. The van der Waals surface area contributed by atoms with Gasteiger partial charge in [-0.1, -0.05) is 22.9 Å². The summed E-state index contributed by atoms with van der Waals surface area (Å²) < 4.78 is 5.64. The fourth-order valence-corrected chi connectivity index (χ4v) is 2.28. The van der Waals surface area contributed by atoms with Gasteiger partial charge in [0.2, 0.25) is 0 Å². The van der Waals surface area contributed by atoms with Crippen molar-refractivity contribution in [3.8, 4) is 0 Å². The summed E-state index contributed by atoms with van der Waals surface area (Å²) in [6, 6.07) is 0. The van der Waals surface area contributed by atoms with Crippen molar-refractivity contribution in [3.05, 3.63) is 0 Å². The van der Waals surface area contributed by atoms with Crippen LogP contribution in [0.25, 0.3) is 0 Å². The van der Waals surface area contributed by atoms with Gasteiger partial charge in [-0.15, -0.1) is 0 Å². The van der Waals surface area contributed by atoms with Gasteiger partial charge in [0.05, 0.1) is 6.10 Å². The van der Waals surface area contributed by atoms with Crippen LogP contribution in [0, 0.1) is 0 Å². The maximum absolute atomic E-state index is 5.64. The molecule has 1 heterocycles. The summed E-state index contributed by atoms with van der Waals surface area (Å²) in [6.45, 7) is 6.73. The minimum Gasteiger partial charge on any atom is -0.377 e. The zero-order chi connectivity index (χ0) is 10.2. The number of unbranched alkanes of at least 4 members (excludes halogenated alkanes) is 1. The Hall–Kier alpha value is 0.400. The minimum absolute atomic E-state index is 0.513. The molecule has 0 saturated carbocycles. The van der Waals surface area contributed by atoms with Crippen LogP contribution in [0.2, 0.25) is 0 Å². The highest BCUT2D eigenvalue weighted by molar-refractivity contribution is 9.09. The quantitative estimate of drug-likeness (QED) is 0.518. The molecule has 1 aliphatic rings. The molecule has 0 radical (unpaired) electrons. The van der Waals surface area contributed by atoms with Crippen LogP contribution in [0.3, 0.4) is 0 Å². The Labute approximate surface area is 96.1 Å². The summed E-state index contributed by atoms with van der Waals surface area (Å²) in [4.78, 5) is 2.51. The molecule has 0 aliphatic carbocycles. The van der Waals surface area contributed by atoms with Crippen molar-refractivity contribution in [2.24, 2.45) is 0 Å². The molecular weight excluding hydrogens is 242 g/mol. The molecule has 1 aliphatic heterocycles. The van der Waals surface area contributed by atoms with Gasteiger partial charge in [0.1, 0.15) is 0 Å². The Balaban J connectivity index is 2.10. The van der Waals surface area contributed by atoms with E-state index < -0.39 is 0 Å². The zero-order valence-corrected chi connectivity index (χ0v) is 10.8. The van der Waals surface area contributed by atoms with Gasteiger partial charge in [0, 0.05) is 18.5 Å². The lowest BCUT2D eigenvalue weighted by Gasteiger charge is -2.23. The molecule has 1 saturated heterocycles. The Bertz CT molecular complexity index is 137. The Morgan fingerprint density at radius 2 is 2.29 bits per heavy atom. The van der Waals surface area contributed by atoms with E-state index in [9.17, 15) is 0 Å². The van der Waals surface area contributed by atoms with Crippen molar-refractivity contribution >= 4 is 15.9 Å². The predicted octanol–water partition coefficient (Wildman–Crippen LogP) is 2.66. The summed E-state index contributed by atoms with van der Waals surface area (Å²) in [5.41, 5.74) is 0. The highest BCUT2D eigenvalue weighted by Gasteiger charge is 2.17. The monoisotopic (exact) mass is 263 g/mol. The first-order valence-electron chi connectivity index (χ1n) is 5.76. The number of nitrogens with zero attached hydrogens (tertiary/aromatic N) is 1. The SMILES string of the molecule is CCN(CCCCBr)CC1CCCO1. The van der Waals surface area contributed by atoms with E-state index in [0.29, 0.717) is 6.10 Å². The zero-order valence-electron chi connectivity index (χ0n) is 9.17. The minimum atomic E-state index is 0.513.